The van der Waals surface area contributed by atoms with Gasteiger partial charge in [-0.3, -0.25) is 4.79 Å². The van der Waals surface area contributed by atoms with Crippen LogP contribution in [-0.2, 0) is 11.0 Å². The van der Waals surface area contributed by atoms with E-state index in [1.807, 2.05) is 44.2 Å². The van der Waals surface area contributed by atoms with Crippen molar-refractivity contribution in [3.8, 4) is 23.1 Å². The van der Waals surface area contributed by atoms with Crippen molar-refractivity contribution in [2.24, 2.45) is 0 Å². The summed E-state index contributed by atoms with van der Waals surface area (Å²) >= 11 is 0. The molecule has 0 aliphatic carbocycles. The van der Waals surface area contributed by atoms with E-state index in [0.717, 1.165) is 17.7 Å². The first-order valence-corrected chi connectivity index (χ1v) is 11.1. The lowest BCUT2D eigenvalue weighted by Gasteiger charge is -2.09. The van der Waals surface area contributed by atoms with Crippen LogP contribution in [0.4, 0.5) is 18.9 Å². The molecule has 1 aromatic heterocycles. The van der Waals surface area contributed by atoms with Crippen LogP contribution < -0.4 is 10.1 Å². The highest BCUT2D eigenvalue weighted by atomic mass is 19.4. The highest BCUT2D eigenvalue weighted by Crippen LogP contribution is 2.31. The molecule has 4 rings (SSSR count). The minimum absolute atomic E-state index is 0.100. The molecule has 0 saturated carbocycles. The summed E-state index contributed by atoms with van der Waals surface area (Å²) in [5.74, 6) is 0.0346. The zero-order valence-electron chi connectivity index (χ0n) is 19.5. The molecule has 0 aliphatic rings. The van der Waals surface area contributed by atoms with Crippen LogP contribution >= 0.6 is 0 Å². The molecule has 0 aliphatic heterocycles. The molecular formula is C27H23F3N4O2. The Kier molecular flexibility index (Phi) is 7.19. The van der Waals surface area contributed by atoms with Gasteiger partial charge in [0.05, 0.1) is 17.4 Å². The topological polar surface area (TPSA) is 69.0 Å². The molecule has 36 heavy (non-hydrogen) atoms. The molecule has 0 saturated heterocycles. The number of benzene rings is 3. The Balaban J connectivity index is 1.57. The second-order valence-corrected chi connectivity index (χ2v) is 8.15. The Morgan fingerprint density at radius 1 is 0.972 bits per heavy atom. The fraction of sp³-hybridized carbons (Fsp3) is 0.148. The molecule has 0 bridgehead atoms. The summed E-state index contributed by atoms with van der Waals surface area (Å²) in [6.45, 7) is 3.64. The van der Waals surface area contributed by atoms with E-state index in [0.29, 0.717) is 22.8 Å². The summed E-state index contributed by atoms with van der Waals surface area (Å²) in [7, 11) is 0. The van der Waals surface area contributed by atoms with Crippen molar-refractivity contribution < 1.29 is 22.7 Å². The number of anilines is 1. The number of aromatic nitrogens is 3. The second kappa shape index (κ2) is 10.5. The summed E-state index contributed by atoms with van der Waals surface area (Å²) in [5, 5.41) is 7.17. The summed E-state index contributed by atoms with van der Waals surface area (Å²) in [6.07, 6.45) is -1.47. The zero-order valence-corrected chi connectivity index (χ0v) is 19.5. The maximum atomic E-state index is 13.0. The van der Waals surface area contributed by atoms with E-state index < -0.39 is 11.7 Å². The number of alkyl halides is 3. The maximum absolute atomic E-state index is 13.0. The molecule has 0 atom stereocenters. The van der Waals surface area contributed by atoms with Crippen molar-refractivity contribution >= 4 is 17.7 Å². The van der Waals surface area contributed by atoms with Gasteiger partial charge in [-0.05, 0) is 61.9 Å². The van der Waals surface area contributed by atoms with E-state index in [-0.39, 0.29) is 18.0 Å². The molecule has 3 aromatic carbocycles. The number of hydrogen-bond donors (Lipinski definition) is 1. The summed E-state index contributed by atoms with van der Waals surface area (Å²) < 4.78 is 46.1. The van der Waals surface area contributed by atoms with Crippen LogP contribution in [-0.4, -0.2) is 26.8 Å². The predicted molar refractivity (Wildman–Crippen MR) is 132 cm³/mol. The van der Waals surface area contributed by atoms with E-state index in [9.17, 15) is 18.0 Å². The van der Waals surface area contributed by atoms with Gasteiger partial charge < -0.3 is 10.1 Å². The number of nitrogens with one attached hydrogen (secondary N) is 1. The lowest BCUT2D eigenvalue weighted by atomic mass is 10.1. The van der Waals surface area contributed by atoms with Crippen molar-refractivity contribution in [1.29, 1.82) is 0 Å². The Hall–Kier alpha value is -4.40. The van der Waals surface area contributed by atoms with Crippen LogP contribution in [0.1, 0.15) is 25.0 Å². The number of hydrogen-bond acceptors (Lipinski definition) is 4. The van der Waals surface area contributed by atoms with Crippen molar-refractivity contribution in [1.82, 2.24) is 14.8 Å². The van der Waals surface area contributed by atoms with Crippen molar-refractivity contribution in [3.63, 3.8) is 0 Å². The molecule has 1 heterocycles. The minimum atomic E-state index is -4.44. The van der Waals surface area contributed by atoms with Crippen LogP contribution in [0, 0.1) is 0 Å². The molecule has 9 heteroatoms. The third-order valence-electron chi connectivity index (χ3n) is 5.01. The number of carbonyl (C=O) groups is 1. The first-order valence-electron chi connectivity index (χ1n) is 11.1. The summed E-state index contributed by atoms with van der Waals surface area (Å²) in [6, 6.07) is 21.1. The molecule has 0 unspecified atom stereocenters. The normalized spacial score (nSPS) is 11.7. The highest BCUT2D eigenvalue weighted by Gasteiger charge is 2.30. The van der Waals surface area contributed by atoms with Gasteiger partial charge in [0.25, 0.3) is 0 Å². The van der Waals surface area contributed by atoms with Crippen LogP contribution in [0.25, 0.3) is 23.2 Å². The van der Waals surface area contributed by atoms with Crippen LogP contribution in [0.15, 0.2) is 84.9 Å². The Bertz CT molecular complexity index is 1340. The van der Waals surface area contributed by atoms with Gasteiger partial charge in [0.1, 0.15) is 0 Å². The van der Waals surface area contributed by atoms with Gasteiger partial charge in [0, 0.05) is 17.3 Å². The van der Waals surface area contributed by atoms with Crippen LogP contribution in [0.5, 0.6) is 6.01 Å². The van der Waals surface area contributed by atoms with Crippen molar-refractivity contribution in [2.75, 3.05) is 5.32 Å². The van der Waals surface area contributed by atoms with Gasteiger partial charge in [0.15, 0.2) is 5.82 Å². The first kappa shape index (κ1) is 24.7. The van der Waals surface area contributed by atoms with Gasteiger partial charge in [-0.25, -0.2) is 4.68 Å². The molecule has 184 valence electrons. The predicted octanol–water partition coefficient (Wildman–Crippen LogP) is 6.39. The Labute approximate surface area is 206 Å². The Morgan fingerprint density at radius 2 is 1.64 bits per heavy atom. The third kappa shape index (κ3) is 6.18. The zero-order chi connectivity index (χ0) is 25.7. The fourth-order valence-electron chi connectivity index (χ4n) is 3.34. The van der Waals surface area contributed by atoms with E-state index in [1.165, 1.54) is 22.9 Å². The molecule has 0 fully saturated rings. The minimum Gasteiger partial charge on any atom is -0.460 e. The lowest BCUT2D eigenvalue weighted by Crippen LogP contribution is -2.08. The smallest absolute Gasteiger partial charge is 0.416 e. The molecule has 0 spiro atoms. The van der Waals surface area contributed by atoms with Crippen molar-refractivity contribution in [2.45, 2.75) is 26.1 Å². The van der Waals surface area contributed by atoms with Gasteiger partial charge in [-0.2, -0.15) is 18.2 Å². The summed E-state index contributed by atoms with van der Waals surface area (Å²) in [5.41, 5.74) is 1.75. The van der Waals surface area contributed by atoms with Gasteiger partial charge in [-0.1, -0.05) is 42.5 Å². The first-order chi connectivity index (χ1) is 17.2. The van der Waals surface area contributed by atoms with E-state index in [4.69, 9.17) is 4.74 Å². The molecule has 1 amide bonds. The average molecular weight is 493 g/mol. The van der Waals surface area contributed by atoms with Crippen LogP contribution in [0.3, 0.4) is 0 Å². The molecule has 6 nitrogen and oxygen atoms in total. The average Bonchev–Trinajstić information content (AvgIpc) is 3.26. The molecule has 0 radical (unpaired) electrons. The number of nitrogens with zero attached hydrogens (tertiary/aromatic N) is 3. The Morgan fingerprint density at radius 3 is 2.25 bits per heavy atom. The number of halogens is 3. The number of rotatable bonds is 7. The van der Waals surface area contributed by atoms with Gasteiger partial charge >= 0.3 is 12.2 Å². The number of carbonyl (C=O) groups excluding carboxylic acids is 1. The number of ether oxygens (including phenoxy) is 1. The van der Waals surface area contributed by atoms with Gasteiger partial charge in [0.2, 0.25) is 5.91 Å². The standard InChI is InChI=1S/C27H23F3N4O2/c1-18(2)36-26-32-25(20-9-11-21(12-10-20)27(28,29)30)34(33-26)23-15-13-22(14-16-23)31-24(35)17-8-19-6-4-3-5-7-19/h3-18H,1-2H3,(H,31,35)/b17-8+. The van der Waals surface area contributed by atoms with Gasteiger partial charge in [-0.15, -0.1) is 5.10 Å². The highest BCUT2D eigenvalue weighted by molar-refractivity contribution is 6.01. The SMILES string of the molecule is CC(C)Oc1nc(-c2ccc(C(F)(F)F)cc2)n(-c2ccc(NC(=O)/C=C/c3ccccc3)cc2)n1. The van der Waals surface area contributed by atoms with Crippen molar-refractivity contribution in [3.05, 3.63) is 96.1 Å². The number of amides is 1. The van der Waals surface area contributed by atoms with E-state index in [2.05, 4.69) is 15.4 Å². The quantitative estimate of drug-likeness (QED) is 0.304. The summed E-state index contributed by atoms with van der Waals surface area (Å²) in [4.78, 5) is 16.6. The largest absolute Gasteiger partial charge is 0.460 e. The van der Waals surface area contributed by atoms with Crippen LogP contribution in [0.2, 0.25) is 0 Å². The second-order valence-electron chi connectivity index (χ2n) is 8.15. The monoisotopic (exact) mass is 492 g/mol. The molecule has 4 aromatic rings. The van der Waals surface area contributed by atoms with E-state index >= 15 is 0 Å². The molecule has 1 N–H and O–H groups in total. The fourth-order valence-corrected chi connectivity index (χ4v) is 3.34. The third-order valence-corrected chi connectivity index (χ3v) is 5.01. The van der Waals surface area contributed by atoms with E-state index in [1.54, 1.807) is 30.3 Å². The lowest BCUT2D eigenvalue weighted by molar-refractivity contribution is -0.137. The molecular weight excluding hydrogens is 469 g/mol. The maximum Gasteiger partial charge on any atom is 0.416 e.